The Morgan fingerprint density at radius 3 is 2.46 bits per heavy atom. The molecular formula is C17H24F2N2O3. The van der Waals surface area contributed by atoms with Crippen molar-refractivity contribution in [3.05, 3.63) is 29.8 Å². The standard InChI is InChI=1S/C17H24F2N2O3/c1-2-21(12-16(22)23)14-7-9-20(10-8-14)11-13-3-5-15(6-4-13)24-17(18)19/h3-6,14,17H,2,7-12H2,1H3,(H,22,23). The van der Waals surface area contributed by atoms with Gasteiger partial charge in [-0.3, -0.25) is 14.6 Å². The molecule has 134 valence electrons. The molecule has 0 bridgehead atoms. The Kier molecular flexibility index (Phi) is 6.93. The molecular weight excluding hydrogens is 318 g/mol. The van der Waals surface area contributed by atoms with Gasteiger partial charge in [-0.15, -0.1) is 0 Å². The number of aliphatic carboxylic acids is 1. The largest absolute Gasteiger partial charge is 0.480 e. The fourth-order valence-corrected chi connectivity index (χ4v) is 3.15. The second kappa shape index (κ2) is 8.94. The first-order valence-electron chi connectivity index (χ1n) is 8.20. The van der Waals surface area contributed by atoms with Gasteiger partial charge in [-0.05, 0) is 50.2 Å². The van der Waals surface area contributed by atoms with Gasteiger partial charge in [0, 0.05) is 12.6 Å². The molecule has 0 saturated carbocycles. The van der Waals surface area contributed by atoms with E-state index in [0.717, 1.165) is 44.6 Å². The van der Waals surface area contributed by atoms with Crippen LogP contribution in [0.5, 0.6) is 5.75 Å². The quantitative estimate of drug-likeness (QED) is 0.787. The van der Waals surface area contributed by atoms with Crippen molar-refractivity contribution in [1.29, 1.82) is 0 Å². The van der Waals surface area contributed by atoms with E-state index in [2.05, 4.69) is 9.64 Å². The fourth-order valence-electron chi connectivity index (χ4n) is 3.15. The molecule has 1 aliphatic heterocycles. The van der Waals surface area contributed by atoms with Gasteiger partial charge in [-0.1, -0.05) is 19.1 Å². The molecule has 0 aromatic heterocycles. The summed E-state index contributed by atoms with van der Waals surface area (Å²) in [6.45, 7) is 2.56. The van der Waals surface area contributed by atoms with Gasteiger partial charge < -0.3 is 9.84 Å². The molecule has 0 spiro atoms. The van der Waals surface area contributed by atoms with Gasteiger partial charge in [0.05, 0.1) is 6.54 Å². The van der Waals surface area contributed by atoms with Crippen molar-refractivity contribution >= 4 is 5.97 Å². The summed E-state index contributed by atoms with van der Waals surface area (Å²) >= 11 is 0. The fraction of sp³-hybridized carbons (Fsp3) is 0.588. The average Bonchev–Trinajstić information content (AvgIpc) is 2.54. The van der Waals surface area contributed by atoms with Crippen molar-refractivity contribution in [2.24, 2.45) is 0 Å². The summed E-state index contributed by atoms with van der Waals surface area (Å²) < 4.78 is 28.6. The Bertz CT molecular complexity index is 517. The molecule has 1 heterocycles. The van der Waals surface area contributed by atoms with Crippen LogP contribution in [0.25, 0.3) is 0 Å². The molecule has 1 aromatic carbocycles. The highest BCUT2D eigenvalue weighted by Crippen LogP contribution is 2.20. The summed E-state index contributed by atoms with van der Waals surface area (Å²) in [7, 11) is 0. The van der Waals surface area contributed by atoms with Crippen LogP contribution in [-0.2, 0) is 11.3 Å². The summed E-state index contributed by atoms with van der Waals surface area (Å²) in [4.78, 5) is 15.2. The Morgan fingerprint density at radius 2 is 1.96 bits per heavy atom. The number of halogens is 2. The maximum absolute atomic E-state index is 12.1. The van der Waals surface area contributed by atoms with Gasteiger partial charge in [-0.25, -0.2) is 0 Å². The predicted octanol–water partition coefficient (Wildman–Crippen LogP) is 2.66. The van der Waals surface area contributed by atoms with Crippen LogP contribution in [0.2, 0.25) is 0 Å². The summed E-state index contributed by atoms with van der Waals surface area (Å²) in [5.41, 5.74) is 1.05. The normalized spacial score (nSPS) is 16.7. The first kappa shape index (κ1) is 18.6. The van der Waals surface area contributed by atoms with E-state index in [0.29, 0.717) is 6.04 Å². The number of hydrogen-bond donors (Lipinski definition) is 1. The van der Waals surface area contributed by atoms with Crippen LogP contribution in [-0.4, -0.2) is 59.7 Å². The van der Waals surface area contributed by atoms with E-state index in [1.807, 2.05) is 11.8 Å². The number of carbonyl (C=O) groups is 1. The smallest absolute Gasteiger partial charge is 0.387 e. The average molecular weight is 342 g/mol. The second-order valence-electron chi connectivity index (χ2n) is 5.99. The molecule has 0 unspecified atom stereocenters. The number of carboxylic acid groups (broad SMARTS) is 1. The van der Waals surface area contributed by atoms with Crippen LogP contribution in [0.15, 0.2) is 24.3 Å². The maximum atomic E-state index is 12.1. The third-order valence-electron chi connectivity index (χ3n) is 4.37. The highest BCUT2D eigenvalue weighted by molar-refractivity contribution is 5.69. The molecule has 1 saturated heterocycles. The first-order chi connectivity index (χ1) is 11.5. The molecule has 0 radical (unpaired) electrons. The molecule has 1 aliphatic rings. The Balaban J connectivity index is 1.81. The summed E-state index contributed by atoms with van der Waals surface area (Å²) in [5.74, 6) is -0.620. The van der Waals surface area contributed by atoms with Gasteiger partial charge >= 0.3 is 12.6 Å². The highest BCUT2D eigenvalue weighted by Gasteiger charge is 2.24. The zero-order chi connectivity index (χ0) is 17.5. The molecule has 24 heavy (non-hydrogen) atoms. The number of benzene rings is 1. The van der Waals surface area contributed by atoms with Crippen LogP contribution in [0.4, 0.5) is 8.78 Å². The third-order valence-corrected chi connectivity index (χ3v) is 4.37. The van der Waals surface area contributed by atoms with Gasteiger partial charge in [0.25, 0.3) is 0 Å². The second-order valence-corrected chi connectivity index (χ2v) is 5.99. The lowest BCUT2D eigenvalue weighted by Crippen LogP contribution is -2.46. The molecule has 7 heteroatoms. The lowest BCUT2D eigenvalue weighted by atomic mass is 10.0. The van der Waals surface area contributed by atoms with Crippen LogP contribution in [0.1, 0.15) is 25.3 Å². The van der Waals surface area contributed by atoms with Crippen molar-refractivity contribution in [3.8, 4) is 5.75 Å². The SMILES string of the molecule is CCN(CC(=O)O)C1CCN(Cc2ccc(OC(F)F)cc2)CC1. The molecule has 1 fully saturated rings. The van der Waals surface area contributed by atoms with Crippen molar-refractivity contribution in [3.63, 3.8) is 0 Å². The van der Waals surface area contributed by atoms with Crippen molar-refractivity contribution in [1.82, 2.24) is 9.80 Å². The zero-order valence-electron chi connectivity index (χ0n) is 13.8. The van der Waals surface area contributed by atoms with Crippen molar-refractivity contribution in [2.45, 2.75) is 39.0 Å². The maximum Gasteiger partial charge on any atom is 0.387 e. The van der Waals surface area contributed by atoms with Crippen LogP contribution < -0.4 is 4.74 Å². The molecule has 2 rings (SSSR count). The van der Waals surface area contributed by atoms with Crippen molar-refractivity contribution < 1.29 is 23.4 Å². The molecule has 5 nitrogen and oxygen atoms in total. The van der Waals surface area contributed by atoms with Crippen LogP contribution >= 0.6 is 0 Å². The van der Waals surface area contributed by atoms with Gasteiger partial charge in [0.2, 0.25) is 0 Å². The number of carboxylic acids is 1. The van der Waals surface area contributed by atoms with E-state index >= 15 is 0 Å². The monoisotopic (exact) mass is 342 g/mol. The highest BCUT2D eigenvalue weighted by atomic mass is 19.3. The van der Waals surface area contributed by atoms with Crippen LogP contribution in [0, 0.1) is 0 Å². The number of piperidine rings is 1. The number of ether oxygens (including phenoxy) is 1. The predicted molar refractivity (Wildman–Crippen MR) is 86.3 cm³/mol. The molecule has 1 N–H and O–H groups in total. The minimum atomic E-state index is -2.80. The number of likely N-dealkylation sites (N-methyl/N-ethyl adjacent to an activating group) is 1. The summed E-state index contributed by atoms with van der Waals surface area (Å²) in [6, 6.07) is 7.02. The van der Waals surface area contributed by atoms with Crippen molar-refractivity contribution in [2.75, 3.05) is 26.2 Å². The summed E-state index contributed by atoms with van der Waals surface area (Å²) in [6.07, 6.45) is 1.88. The molecule has 1 aromatic rings. The lowest BCUT2D eigenvalue weighted by molar-refractivity contribution is -0.139. The van der Waals surface area contributed by atoms with E-state index < -0.39 is 12.6 Å². The number of likely N-dealkylation sites (tertiary alicyclic amines) is 1. The van der Waals surface area contributed by atoms with Gasteiger partial charge in [0.15, 0.2) is 0 Å². The molecule has 0 aliphatic carbocycles. The Morgan fingerprint density at radius 1 is 1.33 bits per heavy atom. The zero-order valence-corrected chi connectivity index (χ0v) is 13.8. The topological polar surface area (TPSA) is 53.0 Å². The minimum Gasteiger partial charge on any atom is -0.480 e. The third kappa shape index (κ3) is 5.72. The lowest BCUT2D eigenvalue weighted by Gasteiger charge is -2.37. The molecule has 0 atom stereocenters. The van der Waals surface area contributed by atoms with E-state index in [1.54, 1.807) is 24.3 Å². The van der Waals surface area contributed by atoms with E-state index in [-0.39, 0.29) is 12.3 Å². The first-order valence-corrected chi connectivity index (χ1v) is 8.20. The van der Waals surface area contributed by atoms with Gasteiger partial charge in [-0.2, -0.15) is 8.78 Å². The number of rotatable bonds is 8. The number of alkyl halides is 2. The van der Waals surface area contributed by atoms with Gasteiger partial charge in [0.1, 0.15) is 5.75 Å². The summed E-state index contributed by atoms with van der Waals surface area (Å²) in [5, 5.41) is 8.96. The molecule has 0 amide bonds. The number of nitrogens with zero attached hydrogens (tertiary/aromatic N) is 2. The van der Waals surface area contributed by atoms with E-state index in [1.165, 1.54) is 0 Å². The minimum absolute atomic E-state index is 0.0900. The Labute approximate surface area is 140 Å². The van der Waals surface area contributed by atoms with E-state index in [9.17, 15) is 13.6 Å². The van der Waals surface area contributed by atoms with E-state index in [4.69, 9.17) is 5.11 Å². The Hall–Kier alpha value is -1.73. The number of hydrogen-bond acceptors (Lipinski definition) is 4. The van der Waals surface area contributed by atoms with Crippen LogP contribution in [0.3, 0.4) is 0 Å².